The lowest BCUT2D eigenvalue weighted by molar-refractivity contribution is -0.158. The minimum atomic E-state index is -1.30. The molecule has 1 unspecified atom stereocenters. The van der Waals surface area contributed by atoms with Crippen LogP contribution in [0.15, 0.2) is 168 Å². The third kappa shape index (κ3) is 7.26. The second-order valence-electron chi connectivity index (χ2n) is 13.9. The molecule has 2 aliphatic heterocycles. The molecule has 290 valence electrons. The molecule has 58 heavy (non-hydrogen) atoms. The molecule has 2 amide bonds. The van der Waals surface area contributed by atoms with Gasteiger partial charge in [-0.25, -0.2) is 9.78 Å². The SMILES string of the molecule is Cc1sc(N)nc1/C(=N/OC(c1ccccc1)(c1ccccc1)c1ccccc1)C(=O)N[C@H]1C(=O)N2C(C(=O)OC(c3ccccc3)c3ccccc3)=C(Cl)CCC12. The van der Waals surface area contributed by atoms with E-state index in [2.05, 4.69) is 15.5 Å². The van der Waals surface area contributed by atoms with Crippen molar-refractivity contribution in [3.05, 3.63) is 201 Å². The molecule has 1 saturated heterocycles. The summed E-state index contributed by atoms with van der Waals surface area (Å²) in [6, 6.07) is 46.0. The first-order valence-corrected chi connectivity index (χ1v) is 19.9. The number of nitrogen functional groups attached to an aromatic ring is 1. The van der Waals surface area contributed by atoms with Gasteiger partial charge in [-0.15, -0.1) is 11.3 Å². The molecule has 0 saturated carbocycles. The van der Waals surface area contributed by atoms with Crippen LogP contribution in [-0.2, 0) is 29.6 Å². The second kappa shape index (κ2) is 16.5. The van der Waals surface area contributed by atoms with Gasteiger partial charge in [0.05, 0.1) is 6.04 Å². The third-order valence-electron chi connectivity index (χ3n) is 10.4. The molecule has 2 atom stereocenters. The Hall–Kier alpha value is -6.56. The maximum Gasteiger partial charge on any atom is 0.357 e. The van der Waals surface area contributed by atoms with Crippen LogP contribution in [0.4, 0.5) is 5.13 Å². The van der Waals surface area contributed by atoms with Gasteiger partial charge < -0.3 is 20.6 Å². The number of aromatic nitrogens is 1. The molecule has 0 radical (unpaired) electrons. The molecule has 0 spiro atoms. The molecule has 10 nitrogen and oxygen atoms in total. The third-order valence-corrected chi connectivity index (χ3v) is 11.5. The Bertz CT molecular complexity index is 2360. The van der Waals surface area contributed by atoms with Crippen molar-refractivity contribution in [1.29, 1.82) is 0 Å². The number of benzene rings is 5. The monoisotopic (exact) mass is 807 g/mol. The van der Waals surface area contributed by atoms with Crippen molar-refractivity contribution >= 4 is 51.6 Å². The van der Waals surface area contributed by atoms with Crippen molar-refractivity contribution in [2.75, 3.05) is 5.73 Å². The summed E-state index contributed by atoms with van der Waals surface area (Å²) in [6.45, 7) is 1.78. The summed E-state index contributed by atoms with van der Waals surface area (Å²) >= 11 is 7.90. The summed E-state index contributed by atoms with van der Waals surface area (Å²) in [4.78, 5) is 55.6. The average Bonchev–Trinajstić information content (AvgIpc) is 3.61. The Morgan fingerprint density at radius 2 is 1.31 bits per heavy atom. The summed E-state index contributed by atoms with van der Waals surface area (Å²) < 4.78 is 6.12. The summed E-state index contributed by atoms with van der Waals surface area (Å²) in [7, 11) is 0. The number of hydrogen-bond donors (Lipinski definition) is 2. The van der Waals surface area contributed by atoms with Crippen LogP contribution in [0.1, 0.15) is 57.3 Å². The highest BCUT2D eigenvalue weighted by molar-refractivity contribution is 7.15. The van der Waals surface area contributed by atoms with Gasteiger partial charge in [-0.05, 0) is 30.9 Å². The average molecular weight is 808 g/mol. The van der Waals surface area contributed by atoms with Crippen LogP contribution in [0.2, 0.25) is 0 Å². The first kappa shape index (κ1) is 38.3. The lowest BCUT2D eigenvalue weighted by Crippen LogP contribution is -2.72. The number of thiazole rings is 1. The van der Waals surface area contributed by atoms with E-state index in [0.717, 1.165) is 27.8 Å². The van der Waals surface area contributed by atoms with E-state index in [1.165, 1.54) is 16.2 Å². The van der Waals surface area contributed by atoms with Crippen LogP contribution in [-0.4, -0.2) is 45.5 Å². The van der Waals surface area contributed by atoms with Gasteiger partial charge >= 0.3 is 5.97 Å². The van der Waals surface area contributed by atoms with Gasteiger partial charge in [0.25, 0.3) is 11.8 Å². The Morgan fingerprint density at radius 3 is 1.78 bits per heavy atom. The highest BCUT2D eigenvalue weighted by Gasteiger charge is 2.54. The predicted octanol–water partition coefficient (Wildman–Crippen LogP) is 8.02. The number of carbonyl (C=O) groups excluding carboxylic acids is 3. The van der Waals surface area contributed by atoms with Crippen LogP contribution < -0.4 is 11.1 Å². The molecule has 1 fully saturated rings. The van der Waals surface area contributed by atoms with Crippen molar-refractivity contribution in [2.24, 2.45) is 5.16 Å². The number of rotatable bonds is 12. The molecule has 0 aliphatic carbocycles. The van der Waals surface area contributed by atoms with E-state index in [4.69, 9.17) is 26.9 Å². The van der Waals surface area contributed by atoms with Crippen molar-refractivity contribution in [3.63, 3.8) is 0 Å². The van der Waals surface area contributed by atoms with Crippen LogP contribution in [0.5, 0.6) is 0 Å². The number of nitrogens with zero attached hydrogens (tertiary/aromatic N) is 3. The van der Waals surface area contributed by atoms with Gasteiger partial charge in [0.2, 0.25) is 5.60 Å². The van der Waals surface area contributed by atoms with Gasteiger partial charge in [-0.1, -0.05) is 168 Å². The highest BCUT2D eigenvalue weighted by atomic mass is 35.5. The van der Waals surface area contributed by atoms with E-state index in [1.807, 2.05) is 152 Å². The van der Waals surface area contributed by atoms with E-state index >= 15 is 0 Å². The van der Waals surface area contributed by atoms with Crippen LogP contribution >= 0.6 is 22.9 Å². The number of esters is 1. The summed E-state index contributed by atoms with van der Waals surface area (Å²) in [6.07, 6.45) is -0.0487. The Balaban J connectivity index is 1.11. The number of halogens is 1. The van der Waals surface area contributed by atoms with Gasteiger partial charge in [-0.3, -0.25) is 14.5 Å². The predicted molar refractivity (Wildman–Crippen MR) is 224 cm³/mol. The van der Waals surface area contributed by atoms with Gasteiger partial charge in [0.1, 0.15) is 17.4 Å². The Kier molecular flexibility index (Phi) is 10.9. The van der Waals surface area contributed by atoms with Gasteiger partial charge in [0, 0.05) is 26.6 Å². The van der Waals surface area contributed by atoms with Crippen LogP contribution in [0.25, 0.3) is 0 Å². The lowest BCUT2D eigenvalue weighted by Gasteiger charge is -2.49. The zero-order chi connectivity index (χ0) is 40.2. The topological polar surface area (TPSA) is 136 Å². The zero-order valence-corrected chi connectivity index (χ0v) is 32.9. The fourth-order valence-electron chi connectivity index (χ4n) is 7.58. The molecule has 12 heteroatoms. The number of β-lactam (4-membered cyclic amide) rings is 1. The highest BCUT2D eigenvalue weighted by Crippen LogP contribution is 2.42. The fraction of sp³-hybridized carbons (Fsp3) is 0.152. The maximum atomic E-state index is 14.5. The summed E-state index contributed by atoms with van der Waals surface area (Å²) in [5.74, 6) is -1.96. The number of hydrogen-bond acceptors (Lipinski definition) is 9. The first-order valence-electron chi connectivity index (χ1n) is 18.8. The number of oxime groups is 1. The molecule has 8 rings (SSSR count). The standard InChI is InChI=1S/C46H38ClN5O5S/c1-29-37(50-45(48)58-29)39(51-57-46(32-21-11-4-12-22-32,33-23-13-5-14-24-33)34-25-15-6-16-26-34)42(53)49-38-36-28-27-35(47)40(52(36)43(38)54)44(55)56-41(30-17-7-2-8-18-30)31-19-9-3-10-20-31/h2-26,36,38,41H,27-28H2,1H3,(H2,48,50)(H,49,53)/b51-39-/t36?,38-/m1/s1. The number of ether oxygens (including phenoxy) is 1. The molecule has 5 aromatic carbocycles. The summed E-state index contributed by atoms with van der Waals surface area (Å²) in [5.41, 5.74) is 8.67. The van der Waals surface area contributed by atoms with E-state index in [0.29, 0.717) is 17.7 Å². The molecular formula is C46H38ClN5O5S. The number of fused-ring (bicyclic) bond motifs is 1. The Morgan fingerprint density at radius 1 is 0.828 bits per heavy atom. The van der Waals surface area contributed by atoms with E-state index in [1.54, 1.807) is 6.92 Å². The second-order valence-corrected chi connectivity index (χ2v) is 15.6. The number of carbonyl (C=O) groups is 3. The maximum absolute atomic E-state index is 14.5. The number of nitrogens with one attached hydrogen (secondary N) is 1. The fourth-order valence-corrected chi connectivity index (χ4v) is 8.55. The van der Waals surface area contributed by atoms with Crippen molar-refractivity contribution < 1.29 is 24.0 Å². The largest absolute Gasteiger partial charge is 0.448 e. The van der Waals surface area contributed by atoms with Crippen molar-refractivity contribution in [1.82, 2.24) is 15.2 Å². The number of amides is 2. The number of nitrogens with two attached hydrogens (primary N) is 1. The smallest absolute Gasteiger partial charge is 0.357 e. The number of allylic oxidation sites excluding steroid dienone is 1. The van der Waals surface area contributed by atoms with E-state index in [-0.39, 0.29) is 27.3 Å². The molecule has 3 N–H and O–H groups in total. The van der Waals surface area contributed by atoms with Crippen molar-refractivity contribution in [3.8, 4) is 0 Å². The molecule has 2 aliphatic rings. The van der Waals surface area contributed by atoms with Crippen LogP contribution in [0.3, 0.4) is 0 Å². The number of aryl methyl sites for hydroxylation is 1. The molecule has 0 bridgehead atoms. The molecule has 6 aromatic rings. The lowest BCUT2D eigenvalue weighted by atomic mass is 9.80. The minimum Gasteiger partial charge on any atom is -0.448 e. The summed E-state index contributed by atoms with van der Waals surface area (Å²) in [5, 5.41) is 7.95. The van der Waals surface area contributed by atoms with E-state index in [9.17, 15) is 14.4 Å². The molecular weight excluding hydrogens is 770 g/mol. The molecule has 3 heterocycles. The quantitative estimate of drug-likeness (QED) is 0.0420. The first-order chi connectivity index (χ1) is 28.3. The Labute approximate surface area is 344 Å². The van der Waals surface area contributed by atoms with Crippen LogP contribution in [0, 0.1) is 6.92 Å². The number of anilines is 1. The van der Waals surface area contributed by atoms with Crippen molar-refractivity contribution in [2.45, 2.75) is 43.6 Å². The van der Waals surface area contributed by atoms with E-state index < -0.39 is 41.6 Å². The normalized spacial score (nSPS) is 16.7. The van der Waals surface area contributed by atoms with Gasteiger partial charge in [-0.2, -0.15) is 0 Å². The van der Waals surface area contributed by atoms with Gasteiger partial charge in [0.15, 0.2) is 16.9 Å². The molecule has 1 aromatic heterocycles. The minimum absolute atomic E-state index is 0.0380. The zero-order valence-electron chi connectivity index (χ0n) is 31.3.